The maximum absolute atomic E-state index is 12.2. The van der Waals surface area contributed by atoms with Crippen LogP contribution in [0.4, 0.5) is 8.78 Å². The van der Waals surface area contributed by atoms with Gasteiger partial charge in [0.05, 0.1) is 0 Å². The molecular weight excluding hydrogens is 272 g/mol. The molecule has 5 nitrogen and oxygen atoms in total. The number of carboxylic acids is 1. The van der Waals surface area contributed by atoms with Crippen LogP contribution >= 0.6 is 0 Å². The van der Waals surface area contributed by atoms with Gasteiger partial charge in [0.1, 0.15) is 5.75 Å². The molecule has 1 aromatic carbocycles. The van der Waals surface area contributed by atoms with Gasteiger partial charge in [-0.1, -0.05) is 18.2 Å². The second-order valence-corrected chi connectivity index (χ2v) is 4.01. The second-order valence-electron chi connectivity index (χ2n) is 4.01. The maximum Gasteiger partial charge on any atom is 0.387 e. The zero-order valence-corrected chi connectivity index (χ0v) is 10.6. The van der Waals surface area contributed by atoms with Gasteiger partial charge in [-0.2, -0.15) is 8.78 Å². The van der Waals surface area contributed by atoms with Crippen molar-refractivity contribution in [1.82, 2.24) is 5.32 Å². The number of nitrogens with one attached hydrogen (secondary N) is 1. The van der Waals surface area contributed by atoms with Crippen LogP contribution in [0.15, 0.2) is 24.3 Å². The minimum absolute atomic E-state index is 0.00772. The highest BCUT2D eigenvalue weighted by molar-refractivity contribution is 5.76. The first-order valence-corrected chi connectivity index (χ1v) is 6.00. The number of rotatable bonds is 8. The van der Waals surface area contributed by atoms with Crippen molar-refractivity contribution < 1.29 is 28.2 Å². The molecule has 110 valence electrons. The van der Waals surface area contributed by atoms with E-state index in [-0.39, 0.29) is 37.5 Å². The number of alkyl halides is 2. The van der Waals surface area contributed by atoms with Crippen LogP contribution in [0.3, 0.4) is 0 Å². The average molecular weight is 287 g/mol. The SMILES string of the molecule is O=C(O)CCCC(=O)NCc1ccccc1OC(F)F. The smallest absolute Gasteiger partial charge is 0.387 e. The summed E-state index contributed by atoms with van der Waals surface area (Å²) in [4.78, 5) is 21.7. The Morgan fingerprint density at radius 1 is 1.25 bits per heavy atom. The first-order valence-electron chi connectivity index (χ1n) is 6.00. The summed E-state index contributed by atoms with van der Waals surface area (Å²) < 4.78 is 28.7. The molecular formula is C13H15F2NO4. The summed E-state index contributed by atoms with van der Waals surface area (Å²) >= 11 is 0. The van der Waals surface area contributed by atoms with Gasteiger partial charge in [0.2, 0.25) is 5.91 Å². The predicted octanol–water partition coefficient (Wildman–Crippen LogP) is 2.16. The molecule has 0 unspecified atom stereocenters. The third-order valence-corrected chi connectivity index (χ3v) is 2.46. The highest BCUT2D eigenvalue weighted by atomic mass is 19.3. The van der Waals surface area contributed by atoms with Crippen LogP contribution in [-0.4, -0.2) is 23.6 Å². The van der Waals surface area contributed by atoms with Gasteiger partial charge in [0, 0.05) is 24.9 Å². The van der Waals surface area contributed by atoms with E-state index < -0.39 is 12.6 Å². The van der Waals surface area contributed by atoms with Crippen molar-refractivity contribution in [3.05, 3.63) is 29.8 Å². The van der Waals surface area contributed by atoms with Crippen LogP contribution in [-0.2, 0) is 16.1 Å². The third kappa shape index (κ3) is 6.12. The lowest BCUT2D eigenvalue weighted by molar-refractivity contribution is -0.137. The predicted molar refractivity (Wildman–Crippen MR) is 66.4 cm³/mol. The molecule has 0 atom stereocenters. The number of hydrogen-bond acceptors (Lipinski definition) is 3. The molecule has 7 heteroatoms. The van der Waals surface area contributed by atoms with Crippen molar-refractivity contribution in [2.24, 2.45) is 0 Å². The summed E-state index contributed by atoms with van der Waals surface area (Å²) in [7, 11) is 0. The molecule has 0 radical (unpaired) electrons. The lowest BCUT2D eigenvalue weighted by atomic mass is 10.2. The molecule has 0 saturated carbocycles. The van der Waals surface area contributed by atoms with Crippen LogP contribution < -0.4 is 10.1 Å². The fraction of sp³-hybridized carbons (Fsp3) is 0.385. The largest absolute Gasteiger partial charge is 0.481 e. The third-order valence-electron chi connectivity index (χ3n) is 2.46. The van der Waals surface area contributed by atoms with Crippen LogP contribution in [0.2, 0.25) is 0 Å². The number of ether oxygens (including phenoxy) is 1. The molecule has 0 heterocycles. The van der Waals surface area contributed by atoms with Gasteiger partial charge < -0.3 is 15.2 Å². The highest BCUT2D eigenvalue weighted by Gasteiger charge is 2.10. The van der Waals surface area contributed by atoms with Crippen LogP contribution in [0.1, 0.15) is 24.8 Å². The van der Waals surface area contributed by atoms with Crippen molar-refractivity contribution in [2.75, 3.05) is 0 Å². The minimum Gasteiger partial charge on any atom is -0.481 e. The van der Waals surface area contributed by atoms with Crippen LogP contribution in [0.25, 0.3) is 0 Å². The van der Waals surface area contributed by atoms with Gasteiger partial charge in [-0.15, -0.1) is 0 Å². The fourth-order valence-electron chi connectivity index (χ4n) is 1.54. The molecule has 0 aliphatic carbocycles. The zero-order chi connectivity index (χ0) is 15.0. The highest BCUT2D eigenvalue weighted by Crippen LogP contribution is 2.19. The first kappa shape index (κ1) is 15.9. The van der Waals surface area contributed by atoms with Crippen molar-refractivity contribution in [1.29, 1.82) is 0 Å². The Kier molecular flexibility index (Phi) is 6.42. The Hall–Kier alpha value is -2.18. The lowest BCUT2D eigenvalue weighted by Gasteiger charge is -2.11. The number of hydrogen-bond donors (Lipinski definition) is 2. The second kappa shape index (κ2) is 8.08. The van der Waals surface area contributed by atoms with Crippen molar-refractivity contribution >= 4 is 11.9 Å². The fourth-order valence-corrected chi connectivity index (χ4v) is 1.54. The first-order chi connectivity index (χ1) is 9.49. The van der Waals surface area contributed by atoms with E-state index in [0.29, 0.717) is 5.56 Å². The standard InChI is InChI=1S/C13H15F2NO4/c14-13(15)20-10-5-2-1-4-9(10)8-16-11(17)6-3-7-12(18)19/h1-2,4-5,13H,3,6-8H2,(H,16,17)(H,18,19). The molecule has 0 aliphatic heterocycles. The van der Waals surface area contributed by atoms with E-state index in [9.17, 15) is 18.4 Å². The number of halogens is 2. The molecule has 0 saturated heterocycles. The van der Waals surface area contributed by atoms with Crippen molar-refractivity contribution in [3.63, 3.8) is 0 Å². The van der Waals surface area contributed by atoms with Crippen LogP contribution in [0.5, 0.6) is 5.75 Å². The average Bonchev–Trinajstić information content (AvgIpc) is 2.36. The molecule has 1 rings (SSSR count). The number of carboxylic acid groups (broad SMARTS) is 1. The van der Waals surface area contributed by atoms with Gasteiger partial charge in [0.15, 0.2) is 0 Å². The topological polar surface area (TPSA) is 75.6 Å². The van der Waals surface area contributed by atoms with Gasteiger partial charge in [0.25, 0.3) is 0 Å². The molecule has 20 heavy (non-hydrogen) atoms. The van der Waals surface area contributed by atoms with E-state index in [1.807, 2.05) is 0 Å². The summed E-state index contributed by atoms with van der Waals surface area (Å²) in [6.45, 7) is -2.88. The zero-order valence-electron chi connectivity index (χ0n) is 10.6. The monoisotopic (exact) mass is 287 g/mol. The molecule has 1 amide bonds. The van der Waals surface area contributed by atoms with E-state index in [2.05, 4.69) is 10.1 Å². The Bertz CT molecular complexity index is 465. The normalized spacial score (nSPS) is 10.3. The Morgan fingerprint density at radius 3 is 2.60 bits per heavy atom. The Labute approximate surface area is 114 Å². The van der Waals surface area contributed by atoms with Crippen molar-refractivity contribution in [2.45, 2.75) is 32.4 Å². The Morgan fingerprint density at radius 2 is 1.95 bits per heavy atom. The van der Waals surface area contributed by atoms with E-state index in [1.165, 1.54) is 6.07 Å². The number of carbonyl (C=O) groups excluding carboxylic acids is 1. The van der Waals surface area contributed by atoms with Gasteiger partial charge in [-0.25, -0.2) is 0 Å². The molecule has 0 aromatic heterocycles. The number of benzene rings is 1. The molecule has 0 bridgehead atoms. The molecule has 0 fully saturated rings. The molecule has 1 aromatic rings. The maximum atomic E-state index is 12.2. The lowest BCUT2D eigenvalue weighted by Crippen LogP contribution is -2.23. The van der Waals surface area contributed by atoms with Crippen molar-refractivity contribution in [3.8, 4) is 5.75 Å². The van der Waals surface area contributed by atoms with E-state index >= 15 is 0 Å². The van der Waals surface area contributed by atoms with Crippen LogP contribution in [0, 0.1) is 0 Å². The van der Waals surface area contributed by atoms with E-state index in [1.54, 1.807) is 18.2 Å². The van der Waals surface area contributed by atoms with Gasteiger partial charge in [-0.3, -0.25) is 9.59 Å². The quantitative estimate of drug-likeness (QED) is 0.768. The summed E-state index contributed by atoms with van der Waals surface area (Å²) in [5.74, 6) is -1.29. The van der Waals surface area contributed by atoms with Gasteiger partial charge >= 0.3 is 12.6 Å². The molecule has 2 N–H and O–H groups in total. The number of carbonyl (C=O) groups is 2. The number of para-hydroxylation sites is 1. The molecule has 0 spiro atoms. The number of amides is 1. The summed E-state index contributed by atoms with van der Waals surface area (Å²) in [6.07, 6.45) is 0.221. The number of aliphatic carboxylic acids is 1. The molecule has 0 aliphatic rings. The van der Waals surface area contributed by atoms with E-state index in [0.717, 1.165) is 0 Å². The van der Waals surface area contributed by atoms with Gasteiger partial charge in [-0.05, 0) is 12.5 Å². The Balaban J connectivity index is 2.44. The minimum atomic E-state index is -2.93. The summed E-state index contributed by atoms with van der Waals surface area (Å²) in [5, 5.41) is 11.0. The van der Waals surface area contributed by atoms with E-state index in [4.69, 9.17) is 5.11 Å². The summed E-state index contributed by atoms with van der Waals surface area (Å²) in [6, 6.07) is 6.15. The summed E-state index contributed by atoms with van der Waals surface area (Å²) in [5.41, 5.74) is 0.430.